The average molecular weight is 437 g/mol. The number of ether oxygens (including phenoxy) is 2. The largest absolute Gasteiger partial charge is 0.462 e. The minimum absolute atomic E-state index is 0.00348. The highest BCUT2D eigenvalue weighted by atomic mass is 28.3. The third kappa shape index (κ3) is 9.26. The molecule has 2 aliphatic rings. The Morgan fingerprint density at radius 3 is 2.17 bits per heavy atom. The molecule has 0 aromatic carbocycles. The van der Waals surface area contributed by atoms with Gasteiger partial charge in [0.1, 0.15) is 0 Å². The Hall–Kier alpha value is -0.613. The second kappa shape index (κ2) is 14.4. The van der Waals surface area contributed by atoms with E-state index in [0.717, 1.165) is 44.3 Å². The molecule has 0 amide bonds. The molecule has 1 atom stereocenters. The lowest BCUT2D eigenvalue weighted by Crippen LogP contribution is -2.31. The van der Waals surface area contributed by atoms with E-state index >= 15 is 0 Å². The fraction of sp³-hybridized carbons (Fsp3) is 0.885. The summed E-state index contributed by atoms with van der Waals surface area (Å²) in [5.41, 5.74) is 2.49. The van der Waals surface area contributed by atoms with Gasteiger partial charge in [0.05, 0.1) is 27.4 Å². The Morgan fingerprint density at radius 2 is 1.53 bits per heavy atom. The van der Waals surface area contributed by atoms with Crippen molar-refractivity contribution in [2.24, 2.45) is 0 Å². The van der Waals surface area contributed by atoms with E-state index in [0.29, 0.717) is 12.7 Å². The molecule has 2 rings (SSSR count). The summed E-state index contributed by atoms with van der Waals surface area (Å²) in [7, 11) is -1.11. The van der Waals surface area contributed by atoms with Gasteiger partial charge in [-0.15, -0.1) is 0 Å². The molecule has 0 saturated carbocycles. The number of allylic oxidation sites excluding steroid dienone is 1. The van der Waals surface area contributed by atoms with Crippen molar-refractivity contribution >= 4 is 14.0 Å². The molecule has 0 N–H and O–H groups in total. The van der Waals surface area contributed by atoms with Gasteiger partial charge >= 0.3 is 5.97 Å². The molecule has 30 heavy (non-hydrogen) atoms. The molecule has 0 aromatic heterocycles. The number of epoxide rings is 1. The molecule has 1 saturated heterocycles. The van der Waals surface area contributed by atoms with Gasteiger partial charge in [-0.3, -0.25) is 0 Å². The molecule has 0 bridgehead atoms. The van der Waals surface area contributed by atoms with Crippen molar-refractivity contribution in [3.05, 3.63) is 11.1 Å². The van der Waals surface area contributed by atoms with Crippen LogP contribution >= 0.6 is 0 Å². The van der Waals surface area contributed by atoms with Crippen LogP contribution in [0.25, 0.3) is 0 Å². The first-order chi connectivity index (χ1) is 14.6. The number of carbonyl (C=O) groups is 1. The van der Waals surface area contributed by atoms with Gasteiger partial charge < -0.3 is 9.47 Å². The molecule has 1 unspecified atom stereocenters. The standard InChI is InChI=1S/C26H48O3Si/c1-4-30(5-2,6-3)21-19-23-16-13-14-18-25(23)26(27)28-20-15-11-9-7-8-10-12-17-24-22-29-24/h24H,4-22H2,1-3H3. The van der Waals surface area contributed by atoms with E-state index in [1.165, 1.54) is 81.1 Å². The number of unbranched alkanes of at least 4 members (excludes halogenated alkanes) is 6. The first-order valence-electron chi connectivity index (χ1n) is 13.1. The van der Waals surface area contributed by atoms with E-state index in [9.17, 15) is 4.79 Å². The molecule has 0 radical (unpaired) electrons. The first kappa shape index (κ1) is 25.6. The van der Waals surface area contributed by atoms with Gasteiger partial charge in [0.15, 0.2) is 0 Å². The summed E-state index contributed by atoms with van der Waals surface area (Å²) < 4.78 is 11.0. The normalized spacial score (nSPS) is 19.2. The molecule has 1 aliphatic carbocycles. The number of esters is 1. The molecule has 1 aliphatic heterocycles. The SMILES string of the molecule is CC[Si](CC)(CC)CCC1=C(C(=O)OCCCCCCCCCC2CO2)CCCC1. The molecular weight excluding hydrogens is 388 g/mol. The van der Waals surface area contributed by atoms with Crippen molar-refractivity contribution in [3.63, 3.8) is 0 Å². The van der Waals surface area contributed by atoms with E-state index in [1.54, 1.807) is 0 Å². The monoisotopic (exact) mass is 436 g/mol. The van der Waals surface area contributed by atoms with Gasteiger partial charge in [-0.1, -0.05) is 89.0 Å². The summed E-state index contributed by atoms with van der Waals surface area (Å²) in [5.74, 6) is 0.00348. The minimum atomic E-state index is -1.11. The van der Waals surface area contributed by atoms with E-state index in [1.807, 2.05) is 0 Å². The van der Waals surface area contributed by atoms with Crippen LogP contribution in [-0.4, -0.2) is 33.4 Å². The van der Waals surface area contributed by atoms with Gasteiger partial charge in [-0.05, 0) is 44.9 Å². The van der Waals surface area contributed by atoms with Crippen LogP contribution < -0.4 is 0 Å². The number of hydrogen-bond donors (Lipinski definition) is 0. The lowest BCUT2D eigenvalue weighted by molar-refractivity contribution is -0.139. The van der Waals surface area contributed by atoms with Crippen molar-refractivity contribution in [3.8, 4) is 0 Å². The number of hydrogen-bond acceptors (Lipinski definition) is 3. The third-order valence-electron chi connectivity index (χ3n) is 7.84. The Kier molecular flexibility index (Phi) is 12.4. The van der Waals surface area contributed by atoms with E-state index in [-0.39, 0.29) is 5.97 Å². The van der Waals surface area contributed by atoms with Crippen LogP contribution in [0.3, 0.4) is 0 Å². The summed E-state index contributed by atoms with van der Waals surface area (Å²) in [5, 5.41) is 0. The molecular formula is C26H48O3Si. The van der Waals surface area contributed by atoms with Crippen LogP contribution in [0.4, 0.5) is 0 Å². The van der Waals surface area contributed by atoms with Gasteiger partial charge in [0, 0.05) is 5.57 Å². The molecule has 1 fully saturated rings. The molecule has 0 spiro atoms. The second-order valence-electron chi connectivity index (χ2n) is 9.70. The van der Waals surface area contributed by atoms with Crippen molar-refractivity contribution in [2.45, 2.75) is 135 Å². The highest BCUT2D eigenvalue weighted by Gasteiger charge is 2.28. The zero-order valence-electron chi connectivity index (χ0n) is 20.2. The smallest absolute Gasteiger partial charge is 0.333 e. The molecule has 4 heteroatoms. The van der Waals surface area contributed by atoms with Gasteiger partial charge in [-0.2, -0.15) is 0 Å². The average Bonchev–Trinajstić information content (AvgIpc) is 3.61. The molecule has 174 valence electrons. The van der Waals surface area contributed by atoms with Gasteiger partial charge in [0.25, 0.3) is 0 Å². The van der Waals surface area contributed by atoms with E-state index in [2.05, 4.69) is 20.8 Å². The summed E-state index contributed by atoms with van der Waals surface area (Å²) in [6, 6.07) is 5.49. The predicted octanol–water partition coefficient (Wildman–Crippen LogP) is 7.82. The highest BCUT2D eigenvalue weighted by molar-refractivity contribution is 6.79. The van der Waals surface area contributed by atoms with Crippen molar-refractivity contribution in [1.82, 2.24) is 0 Å². The fourth-order valence-electron chi connectivity index (χ4n) is 5.03. The maximum Gasteiger partial charge on any atom is 0.333 e. The number of carbonyl (C=O) groups excluding carboxylic acids is 1. The highest BCUT2D eigenvalue weighted by Crippen LogP contribution is 2.34. The van der Waals surface area contributed by atoms with Crippen LogP contribution in [0.15, 0.2) is 11.1 Å². The Bertz CT molecular complexity index is 512. The molecule has 3 nitrogen and oxygen atoms in total. The summed E-state index contributed by atoms with van der Waals surface area (Å²) in [6.07, 6.45) is 16.2. The van der Waals surface area contributed by atoms with E-state index < -0.39 is 8.07 Å². The maximum absolute atomic E-state index is 12.7. The summed E-state index contributed by atoms with van der Waals surface area (Å²) in [6.45, 7) is 8.74. The van der Waals surface area contributed by atoms with Crippen LogP contribution in [0.5, 0.6) is 0 Å². The Labute approximate surface area is 187 Å². The number of rotatable bonds is 17. The van der Waals surface area contributed by atoms with Crippen molar-refractivity contribution in [2.75, 3.05) is 13.2 Å². The van der Waals surface area contributed by atoms with Crippen LogP contribution in [0.1, 0.15) is 104 Å². The van der Waals surface area contributed by atoms with Crippen molar-refractivity contribution < 1.29 is 14.3 Å². The fourth-order valence-corrected chi connectivity index (χ4v) is 8.42. The Balaban J connectivity index is 1.62. The lowest BCUT2D eigenvalue weighted by Gasteiger charge is -2.29. The van der Waals surface area contributed by atoms with E-state index in [4.69, 9.17) is 9.47 Å². The topological polar surface area (TPSA) is 38.8 Å². The van der Waals surface area contributed by atoms with Crippen LogP contribution in [0, 0.1) is 0 Å². The molecule has 1 heterocycles. The van der Waals surface area contributed by atoms with Crippen LogP contribution in [-0.2, 0) is 14.3 Å². The van der Waals surface area contributed by atoms with Crippen LogP contribution in [0.2, 0.25) is 24.2 Å². The maximum atomic E-state index is 12.7. The second-order valence-corrected chi connectivity index (χ2v) is 15.3. The first-order valence-corrected chi connectivity index (χ1v) is 16.0. The van der Waals surface area contributed by atoms with Crippen molar-refractivity contribution in [1.29, 1.82) is 0 Å². The third-order valence-corrected chi connectivity index (χ3v) is 13.7. The predicted molar refractivity (Wildman–Crippen MR) is 130 cm³/mol. The van der Waals surface area contributed by atoms with Gasteiger partial charge in [0.2, 0.25) is 0 Å². The van der Waals surface area contributed by atoms with Gasteiger partial charge in [-0.25, -0.2) is 4.79 Å². The zero-order valence-corrected chi connectivity index (χ0v) is 21.2. The minimum Gasteiger partial charge on any atom is -0.462 e. The zero-order chi connectivity index (χ0) is 21.7. The Morgan fingerprint density at radius 1 is 0.933 bits per heavy atom. The summed E-state index contributed by atoms with van der Waals surface area (Å²) >= 11 is 0. The lowest BCUT2D eigenvalue weighted by atomic mass is 9.90. The molecule has 0 aromatic rings. The summed E-state index contributed by atoms with van der Waals surface area (Å²) in [4.78, 5) is 12.7. The quantitative estimate of drug-likeness (QED) is 0.101.